The van der Waals surface area contributed by atoms with E-state index in [2.05, 4.69) is 0 Å². The summed E-state index contributed by atoms with van der Waals surface area (Å²) in [6.07, 6.45) is 2.81. The highest BCUT2D eigenvalue weighted by atomic mass is 14.6. The van der Waals surface area contributed by atoms with E-state index >= 15 is 0 Å². The molecule has 0 bridgehead atoms. The highest BCUT2D eigenvalue weighted by Crippen LogP contribution is 1.81. The van der Waals surface area contributed by atoms with Gasteiger partial charge in [0.1, 0.15) is 0 Å². The van der Waals surface area contributed by atoms with E-state index < -0.39 is 0 Å². The summed E-state index contributed by atoms with van der Waals surface area (Å²) in [7, 11) is 0. The van der Waals surface area contributed by atoms with Gasteiger partial charge in [-0.2, -0.15) is 0 Å². The molecule has 0 spiro atoms. The van der Waals surface area contributed by atoms with Crippen molar-refractivity contribution < 1.29 is 0 Å². The lowest BCUT2D eigenvalue weighted by atomic mass is 10.3. The minimum atomic E-state index is 0.689. The molecular formula is C5H12N2. The van der Waals surface area contributed by atoms with Crippen molar-refractivity contribution >= 4 is 0 Å². The van der Waals surface area contributed by atoms with Crippen molar-refractivity contribution in [3.63, 3.8) is 0 Å². The molecule has 2 heteroatoms. The Morgan fingerprint density at radius 3 is 2.43 bits per heavy atom. The van der Waals surface area contributed by atoms with Gasteiger partial charge in [-0.1, -0.05) is 6.08 Å². The normalized spacial score (nSPS) is 12.0. The summed E-state index contributed by atoms with van der Waals surface area (Å²) >= 11 is 0. The molecule has 7 heavy (non-hydrogen) atoms. The van der Waals surface area contributed by atoms with Gasteiger partial charge in [-0.25, -0.2) is 0 Å². The first-order valence-corrected chi connectivity index (χ1v) is 2.39. The van der Waals surface area contributed by atoms with E-state index in [4.69, 9.17) is 11.5 Å². The largest absolute Gasteiger partial charge is 0.403 e. The van der Waals surface area contributed by atoms with Crippen molar-refractivity contribution in [3.05, 3.63) is 11.8 Å². The van der Waals surface area contributed by atoms with Crippen LogP contribution < -0.4 is 11.5 Å². The van der Waals surface area contributed by atoms with Gasteiger partial charge in [-0.15, -0.1) is 0 Å². The number of nitrogens with two attached hydrogens (primary N) is 2. The minimum Gasteiger partial charge on any atom is -0.403 e. The van der Waals surface area contributed by atoms with Crippen LogP contribution in [0.15, 0.2) is 11.8 Å². The SMILES string of the molecule is C/C(N)=C/CCN. The maximum atomic E-state index is 5.28. The van der Waals surface area contributed by atoms with Gasteiger partial charge in [0.15, 0.2) is 0 Å². The molecule has 0 amide bonds. The number of allylic oxidation sites excluding steroid dienone is 1. The summed E-state index contributed by atoms with van der Waals surface area (Å²) in [5, 5.41) is 0. The number of hydrogen-bond donors (Lipinski definition) is 2. The Kier molecular flexibility index (Phi) is 3.42. The third-order valence-electron chi connectivity index (χ3n) is 0.633. The molecule has 0 aromatic carbocycles. The summed E-state index contributed by atoms with van der Waals surface area (Å²) in [4.78, 5) is 0. The molecule has 0 aliphatic rings. The van der Waals surface area contributed by atoms with Crippen LogP contribution in [0.3, 0.4) is 0 Å². The van der Waals surface area contributed by atoms with Crippen molar-refractivity contribution in [1.82, 2.24) is 0 Å². The van der Waals surface area contributed by atoms with E-state index in [1.807, 2.05) is 13.0 Å². The van der Waals surface area contributed by atoms with E-state index in [9.17, 15) is 0 Å². The van der Waals surface area contributed by atoms with Crippen LogP contribution in [0.25, 0.3) is 0 Å². The zero-order chi connectivity index (χ0) is 5.70. The predicted molar refractivity (Wildman–Crippen MR) is 31.6 cm³/mol. The van der Waals surface area contributed by atoms with E-state index in [1.54, 1.807) is 0 Å². The number of rotatable bonds is 2. The predicted octanol–water partition coefficient (Wildman–Crippen LogP) is 0.198. The summed E-state index contributed by atoms with van der Waals surface area (Å²) in [6.45, 7) is 2.55. The van der Waals surface area contributed by atoms with Crippen LogP contribution in [-0.2, 0) is 0 Å². The Balaban J connectivity index is 3.08. The van der Waals surface area contributed by atoms with Crippen molar-refractivity contribution in [3.8, 4) is 0 Å². The molecule has 0 fully saturated rings. The lowest BCUT2D eigenvalue weighted by molar-refractivity contribution is 0.992. The monoisotopic (exact) mass is 100 g/mol. The molecule has 0 aliphatic heterocycles. The molecule has 0 radical (unpaired) electrons. The lowest BCUT2D eigenvalue weighted by Gasteiger charge is -1.86. The third-order valence-corrected chi connectivity index (χ3v) is 0.633. The number of hydrogen-bond acceptors (Lipinski definition) is 2. The molecule has 0 saturated heterocycles. The standard InChI is InChI=1S/C5H12N2/c1-5(7)3-2-4-6/h3H,2,4,6-7H2,1H3/b5-3-. The van der Waals surface area contributed by atoms with Crippen LogP contribution in [0.4, 0.5) is 0 Å². The molecule has 42 valence electrons. The summed E-state index contributed by atoms with van der Waals surface area (Å²) in [6, 6.07) is 0. The Bertz CT molecular complexity index is 62.5. The fraction of sp³-hybridized carbons (Fsp3) is 0.600. The van der Waals surface area contributed by atoms with Gasteiger partial charge in [-0.3, -0.25) is 0 Å². The summed E-state index contributed by atoms with van der Waals surface area (Å²) < 4.78 is 0. The van der Waals surface area contributed by atoms with Crippen molar-refractivity contribution in [2.75, 3.05) is 6.54 Å². The quantitative estimate of drug-likeness (QED) is 0.520. The molecule has 2 nitrogen and oxygen atoms in total. The Hall–Kier alpha value is -0.500. The first kappa shape index (κ1) is 6.50. The Morgan fingerprint density at radius 1 is 1.71 bits per heavy atom. The van der Waals surface area contributed by atoms with E-state index in [0.717, 1.165) is 12.1 Å². The highest BCUT2D eigenvalue weighted by Gasteiger charge is 1.73. The van der Waals surface area contributed by atoms with Gasteiger partial charge < -0.3 is 11.5 Å². The second-order valence-electron chi connectivity index (χ2n) is 1.53. The average Bonchev–Trinajstić information content (AvgIpc) is 1.61. The van der Waals surface area contributed by atoms with Crippen molar-refractivity contribution in [1.29, 1.82) is 0 Å². The van der Waals surface area contributed by atoms with E-state index in [1.165, 1.54) is 0 Å². The van der Waals surface area contributed by atoms with Gasteiger partial charge in [-0.05, 0) is 19.9 Å². The van der Waals surface area contributed by atoms with Gasteiger partial charge in [0.05, 0.1) is 0 Å². The molecule has 0 atom stereocenters. The van der Waals surface area contributed by atoms with Crippen molar-refractivity contribution in [2.24, 2.45) is 11.5 Å². The topological polar surface area (TPSA) is 52.0 Å². The maximum absolute atomic E-state index is 5.28. The third kappa shape index (κ3) is 5.50. The molecule has 0 aliphatic carbocycles. The second-order valence-corrected chi connectivity index (χ2v) is 1.53. The van der Waals surface area contributed by atoms with Gasteiger partial charge in [0.25, 0.3) is 0 Å². The Morgan fingerprint density at radius 2 is 2.29 bits per heavy atom. The van der Waals surface area contributed by atoms with Crippen LogP contribution in [-0.4, -0.2) is 6.54 Å². The van der Waals surface area contributed by atoms with Gasteiger partial charge in [0.2, 0.25) is 0 Å². The fourth-order valence-electron chi connectivity index (χ4n) is 0.311. The highest BCUT2D eigenvalue weighted by molar-refractivity contribution is 4.90. The molecule has 0 aromatic rings. The van der Waals surface area contributed by atoms with Crippen LogP contribution in [0.1, 0.15) is 13.3 Å². The van der Waals surface area contributed by atoms with Crippen LogP contribution in [0, 0.1) is 0 Å². The molecule has 0 aromatic heterocycles. The lowest BCUT2D eigenvalue weighted by Crippen LogP contribution is -1.98. The summed E-state index contributed by atoms with van der Waals surface area (Å²) in [5.41, 5.74) is 11.3. The zero-order valence-electron chi connectivity index (χ0n) is 4.65. The maximum Gasteiger partial charge on any atom is 0.000881 e. The van der Waals surface area contributed by atoms with E-state index in [0.29, 0.717) is 6.54 Å². The smallest absolute Gasteiger partial charge is 0.000881 e. The fourth-order valence-corrected chi connectivity index (χ4v) is 0.311. The van der Waals surface area contributed by atoms with Gasteiger partial charge >= 0.3 is 0 Å². The van der Waals surface area contributed by atoms with Crippen LogP contribution in [0.2, 0.25) is 0 Å². The molecule has 0 unspecified atom stereocenters. The Labute approximate surface area is 44.2 Å². The van der Waals surface area contributed by atoms with Crippen molar-refractivity contribution in [2.45, 2.75) is 13.3 Å². The molecular weight excluding hydrogens is 88.1 g/mol. The zero-order valence-corrected chi connectivity index (χ0v) is 4.65. The molecule has 0 saturated carbocycles. The summed E-state index contributed by atoms with van der Waals surface area (Å²) in [5.74, 6) is 0. The average molecular weight is 100 g/mol. The van der Waals surface area contributed by atoms with Crippen LogP contribution >= 0.6 is 0 Å². The first-order valence-electron chi connectivity index (χ1n) is 2.39. The molecule has 0 heterocycles. The van der Waals surface area contributed by atoms with Gasteiger partial charge in [0, 0.05) is 5.70 Å². The molecule has 4 N–H and O–H groups in total. The molecule has 0 rings (SSSR count). The van der Waals surface area contributed by atoms with E-state index in [-0.39, 0.29) is 0 Å². The first-order chi connectivity index (χ1) is 3.27. The minimum absolute atomic E-state index is 0.689. The second kappa shape index (κ2) is 3.68. The van der Waals surface area contributed by atoms with Crippen LogP contribution in [0.5, 0.6) is 0 Å².